The molecule has 1 aliphatic rings. The maximum absolute atomic E-state index is 13.6. The summed E-state index contributed by atoms with van der Waals surface area (Å²) in [5, 5.41) is 3.68. The van der Waals surface area contributed by atoms with Gasteiger partial charge in [-0.15, -0.1) is 0 Å². The van der Waals surface area contributed by atoms with Crippen LogP contribution in [0.3, 0.4) is 0 Å². The smallest absolute Gasteiger partial charge is 0.240 e. The van der Waals surface area contributed by atoms with Crippen molar-refractivity contribution in [1.82, 2.24) is 9.71 Å². The number of carbonyl (C=O) groups is 1. The van der Waals surface area contributed by atoms with Crippen LogP contribution < -0.4 is 10.0 Å². The van der Waals surface area contributed by atoms with E-state index in [9.17, 15) is 13.2 Å². The summed E-state index contributed by atoms with van der Waals surface area (Å²) in [6.45, 7) is 0. The molecule has 0 radical (unpaired) electrons. The van der Waals surface area contributed by atoms with Crippen molar-refractivity contribution in [1.29, 1.82) is 0 Å². The normalized spacial score (nSPS) is 15.7. The minimum absolute atomic E-state index is 0. The van der Waals surface area contributed by atoms with E-state index in [4.69, 9.17) is 11.6 Å². The molecule has 0 bridgehead atoms. The number of carbonyl (C=O) groups excluding carboxylic acids is 1. The van der Waals surface area contributed by atoms with Gasteiger partial charge < -0.3 is 5.32 Å². The summed E-state index contributed by atoms with van der Waals surface area (Å²) >= 11 is 6.08. The second-order valence-electron chi connectivity index (χ2n) is 8.24. The Morgan fingerprint density at radius 3 is 2.27 bits per heavy atom. The molecule has 4 rings (SSSR count). The van der Waals surface area contributed by atoms with Crippen LogP contribution in [-0.4, -0.2) is 26.4 Å². The quantitative estimate of drug-likeness (QED) is 0.489. The maximum Gasteiger partial charge on any atom is 0.240 e. The van der Waals surface area contributed by atoms with Gasteiger partial charge in [0, 0.05) is 12.0 Å². The molecule has 6 nitrogen and oxygen atoms in total. The lowest BCUT2D eigenvalue weighted by Crippen LogP contribution is -2.42. The Hall–Kier alpha value is -2.74. The number of aromatic nitrogens is 1. The van der Waals surface area contributed by atoms with Crippen molar-refractivity contribution in [3.05, 3.63) is 77.3 Å². The average molecular weight is 486 g/mol. The molecule has 2 aromatic carbocycles. The van der Waals surface area contributed by atoms with Gasteiger partial charge in [0.05, 0.1) is 16.0 Å². The Bertz CT molecular complexity index is 1240. The first-order valence-corrected chi connectivity index (χ1v) is 12.8. The Labute approximate surface area is 200 Å². The highest BCUT2D eigenvalue weighted by molar-refractivity contribution is 7.89. The lowest BCUT2D eigenvalue weighted by atomic mass is 9.68. The van der Waals surface area contributed by atoms with Gasteiger partial charge in [-0.2, -0.15) is 0 Å². The molecule has 8 heteroatoms. The van der Waals surface area contributed by atoms with Crippen LogP contribution in [0.4, 0.5) is 5.82 Å². The molecule has 0 atom stereocenters. The third-order valence-electron chi connectivity index (χ3n) is 6.26. The number of halogens is 1. The zero-order chi connectivity index (χ0) is 23.5. The number of benzene rings is 2. The predicted molar refractivity (Wildman–Crippen MR) is 133 cm³/mol. The molecule has 0 spiro atoms. The van der Waals surface area contributed by atoms with Crippen LogP contribution in [0.2, 0.25) is 5.02 Å². The number of sulfonamides is 1. The number of nitrogens with zero attached hydrogens (tertiary/aromatic N) is 1. The summed E-state index contributed by atoms with van der Waals surface area (Å²) in [7, 11) is -2.13. The minimum atomic E-state index is -3.51. The molecule has 0 saturated heterocycles. The molecule has 3 aromatic rings. The number of hydrogen-bond acceptors (Lipinski definition) is 4. The third kappa shape index (κ3) is 4.95. The second kappa shape index (κ2) is 9.63. The van der Waals surface area contributed by atoms with E-state index in [1.165, 1.54) is 19.2 Å². The van der Waals surface area contributed by atoms with Crippen LogP contribution in [0.1, 0.15) is 39.1 Å². The van der Waals surface area contributed by atoms with Crippen LogP contribution >= 0.6 is 11.6 Å². The molecule has 1 fully saturated rings. The second-order valence-corrected chi connectivity index (χ2v) is 10.6. The van der Waals surface area contributed by atoms with E-state index in [2.05, 4.69) is 15.0 Å². The first kappa shape index (κ1) is 23.4. The van der Waals surface area contributed by atoms with Gasteiger partial charge in [-0.05, 0) is 61.9 Å². The minimum Gasteiger partial charge on any atom is -0.310 e. The summed E-state index contributed by atoms with van der Waals surface area (Å²) in [4.78, 5) is 18.3. The van der Waals surface area contributed by atoms with Crippen molar-refractivity contribution in [2.24, 2.45) is 0 Å². The van der Waals surface area contributed by atoms with Gasteiger partial charge in [0.2, 0.25) is 15.9 Å². The lowest BCUT2D eigenvalue weighted by Gasteiger charge is -2.36. The topological polar surface area (TPSA) is 88.2 Å². The summed E-state index contributed by atoms with van der Waals surface area (Å²) in [5.41, 5.74) is 1.77. The molecule has 0 aliphatic heterocycles. The molecule has 33 heavy (non-hydrogen) atoms. The van der Waals surface area contributed by atoms with Crippen LogP contribution in [0, 0.1) is 0 Å². The monoisotopic (exact) mass is 485 g/mol. The zero-order valence-electron chi connectivity index (χ0n) is 18.3. The van der Waals surface area contributed by atoms with Crippen molar-refractivity contribution in [3.63, 3.8) is 0 Å². The number of anilines is 1. The highest BCUT2D eigenvalue weighted by Gasteiger charge is 2.41. The molecule has 1 saturated carbocycles. The molecule has 1 amide bonds. The molecule has 1 heterocycles. The van der Waals surface area contributed by atoms with Crippen LogP contribution in [0.15, 0.2) is 71.6 Å². The van der Waals surface area contributed by atoms with Crippen LogP contribution in [-0.2, 0) is 20.2 Å². The van der Waals surface area contributed by atoms with E-state index >= 15 is 0 Å². The van der Waals surface area contributed by atoms with Crippen molar-refractivity contribution >= 4 is 33.3 Å². The van der Waals surface area contributed by atoms with Gasteiger partial charge in [0.15, 0.2) is 0 Å². The molecule has 1 aliphatic carbocycles. The zero-order valence-corrected chi connectivity index (χ0v) is 19.9. The maximum atomic E-state index is 13.6. The summed E-state index contributed by atoms with van der Waals surface area (Å²) in [6, 6.07) is 19.4. The Kier molecular flexibility index (Phi) is 6.83. The Morgan fingerprint density at radius 1 is 0.970 bits per heavy atom. The highest BCUT2D eigenvalue weighted by Crippen LogP contribution is 2.41. The van der Waals surface area contributed by atoms with Crippen molar-refractivity contribution in [3.8, 4) is 11.3 Å². The first-order valence-electron chi connectivity index (χ1n) is 10.9. The van der Waals surface area contributed by atoms with Gasteiger partial charge in [-0.25, -0.2) is 18.1 Å². The van der Waals surface area contributed by atoms with Gasteiger partial charge in [0.25, 0.3) is 0 Å². The van der Waals surface area contributed by atoms with Crippen molar-refractivity contribution < 1.29 is 14.6 Å². The van der Waals surface area contributed by atoms with E-state index in [1.807, 2.05) is 36.4 Å². The SMILES string of the molecule is CNS(=O)(=O)c1ccc(-c2cccc(NC(=O)C3(c4ccc(Cl)cc4)CCCCC3)n2)cc1.[HH]. The fourth-order valence-electron chi connectivity index (χ4n) is 4.39. The van der Waals surface area contributed by atoms with Crippen LogP contribution in [0.25, 0.3) is 11.3 Å². The Balaban J connectivity index is 0.00000324. The van der Waals surface area contributed by atoms with Gasteiger partial charge >= 0.3 is 0 Å². The molecule has 2 N–H and O–H groups in total. The fourth-order valence-corrected chi connectivity index (χ4v) is 5.25. The third-order valence-corrected chi connectivity index (χ3v) is 7.94. The van der Waals surface area contributed by atoms with Crippen molar-refractivity contribution in [2.45, 2.75) is 42.4 Å². The Morgan fingerprint density at radius 2 is 1.64 bits per heavy atom. The number of nitrogens with one attached hydrogen (secondary N) is 2. The van der Waals surface area contributed by atoms with Crippen molar-refractivity contribution in [2.75, 3.05) is 12.4 Å². The molecular formula is C25H28ClN3O3S. The number of hydrogen-bond donors (Lipinski definition) is 2. The molecule has 0 unspecified atom stereocenters. The average Bonchev–Trinajstić information content (AvgIpc) is 2.85. The number of pyridine rings is 1. The number of amides is 1. The molecule has 174 valence electrons. The molecule has 1 aromatic heterocycles. The van der Waals surface area contributed by atoms with E-state index in [0.29, 0.717) is 16.5 Å². The summed E-state index contributed by atoms with van der Waals surface area (Å²) < 4.78 is 26.2. The van der Waals surface area contributed by atoms with E-state index in [0.717, 1.165) is 43.2 Å². The fraction of sp³-hybridized carbons (Fsp3) is 0.280. The summed E-state index contributed by atoms with van der Waals surface area (Å²) in [6.07, 6.45) is 4.66. The highest BCUT2D eigenvalue weighted by atomic mass is 35.5. The van der Waals surface area contributed by atoms with Gasteiger partial charge in [0.1, 0.15) is 5.82 Å². The lowest BCUT2D eigenvalue weighted by molar-refractivity contribution is -0.122. The summed E-state index contributed by atoms with van der Waals surface area (Å²) in [5.74, 6) is 0.396. The van der Waals surface area contributed by atoms with Gasteiger partial charge in [-0.1, -0.05) is 61.2 Å². The molecular weight excluding hydrogens is 458 g/mol. The van der Waals surface area contributed by atoms with E-state index < -0.39 is 15.4 Å². The van der Waals surface area contributed by atoms with E-state index in [-0.39, 0.29) is 12.2 Å². The first-order chi connectivity index (χ1) is 15.8. The number of rotatable bonds is 6. The predicted octanol–water partition coefficient (Wildman–Crippen LogP) is 5.40. The van der Waals surface area contributed by atoms with E-state index in [1.54, 1.807) is 18.2 Å². The van der Waals surface area contributed by atoms with Gasteiger partial charge in [-0.3, -0.25) is 4.79 Å². The van der Waals surface area contributed by atoms with Crippen LogP contribution in [0.5, 0.6) is 0 Å². The largest absolute Gasteiger partial charge is 0.310 e. The standard InChI is InChI=1S/C25H26ClN3O3S.H2/c1-27-33(31,32)21-14-8-18(9-15-21)22-6-5-7-23(28-22)29-24(30)25(16-3-2-4-17-25)19-10-12-20(26)13-11-19;/h5-15,27H,2-4,16-17H2,1H3,(H,28,29,30);1H.